The first-order chi connectivity index (χ1) is 9.00. The molecule has 2 rings (SSSR count). The van der Waals surface area contributed by atoms with Gasteiger partial charge in [-0.15, -0.1) is 0 Å². The molecule has 0 spiro atoms. The van der Waals surface area contributed by atoms with Gasteiger partial charge in [0, 0.05) is 12.4 Å². The Morgan fingerprint density at radius 1 is 1.00 bits per heavy atom. The van der Waals surface area contributed by atoms with E-state index in [2.05, 4.69) is 19.9 Å². The molecule has 0 atom stereocenters. The van der Waals surface area contributed by atoms with Crippen molar-refractivity contribution in [2.75, 3.05) is 5.73 Å². The second kappa shape index (κ2) is 5.88. The van der Waals surface area contributed by atoms with Crippen LogP contribution >= 0.6 is 46.4 Å². The average molecular weight is 337 g/mol. The molecule has 2 aromatic heterocycles. The van der Waals surface area contributed by atoms with Crippen molar-refractivity contribution >= 4 is 57.3 Å². The van der Waals surface area contributed by atoms with Crippen LogP contribution in [0.5, 0.6) is 0 Å². The summed E-state index contributed by atoms with van der Waals surface area (Å²) < 4.78 is -0.178. The standard InChI is InChI=1S/C10H5Cl4N5/c11-5(6(12)13)4-7(14)18-10(19-8(4)15)9-16-2-1-3-17-9/h1-3H,(H2,15,18,19). The number of aromatic nitrogens is 4. The van der Waals surface area contributed by atoms with E-state index in [0.717, 1.165) is 0 Å². The second-order valence-corrected chi connectivity index (χ2v) is 4.93. The van der Waals surface area contributed by atoms with Crippen molar-refractivity contribution in [1.82, 2.24) is 19.9 Å². The SMILES string of the molecule is Nc1nc(-c2ncccn2)nc(Cl)c1C(Cl)=C(Cl)Cl. The molecule has 0 aromatic carbocycles. The highest BCUT2D eigenvalue weighted by atomic mass is 35.5. The van der Waals surface area contributed by atoms with Crippen LogP contribution in [0.4, 0.5) is 5.82 Å². The molecule has 2 heterocycles. The maximum atomic E-state index is 6.00. The Bertz CT molecular complexity index is 617. The summed E-state index contributed by atoms with van der Waals surface area (Å²) in [5, 5.41) is -0.00915. The fourth-order valence-electron chi connectivity index (χ4n) is 1.26. The number of halogens is 4. The van der Waals surface area contributed by atoms with Crippen LogP contribution in [0.25, 0.3) is 16.7 Å². The lowest BCUT2D eigenvalue weighted by molar-refractivity contribution is 1.08. The van der Waals surface area contributed by atoms with Crippen molar-refractivity contribution in [2.24, 2.45) is 0 Å². The van der Waals surface area contributed by atoms with Crippen molar-refractivity contribution in [3.63, 3.8) is 0 Å². The van der Waals surface area contributed by atoms with Gasteiger partial charge in [-0.05, 0) is 6.07 Å². The Balaban J connectivity index is 2.58. The van der Waals surface area contributed by atoms with Gasteiger partial charge in [0.05, 0.1) is 10.6 Å². The summed E-state index contributed by atoms with van der Waals surface area (Å²) in [7, 11) is 0. The number of anilines is 1. The maximum Gasteiger partial charge on any atom is 0.201 e. The molecular weight excluding hydrogens is 332 g/mol. The van der Waals surface area contributed by atoms with Gasteiger partial charge in [0.25, 0.3) is 0 Å². The first-order valence-electron chi connectivity index (χ1n) is 4.82. The van der Waals surface area contributed by atoms with E-state index >= 15 is 0 Å². The van der Waals surface area contributed by atoms with Crippen LogP contribution in [0.3, 0.4) is 0 Å². The van der Waals surface area contributed by atoms with Crippen LogP contribution in [0.1, 0.15) is 5.56 Å². The number of rotatable bonds is 2. The molecule has 19 heavy (non-hydrogen) atoms. The third kappa shape index (κ3) is 3.06. The van der Waals surface area contributed by atoms with Crippen LogP contribution in [0.15, 0.2) is 23.0 Å². The minimum Gasteiger partial charge on any atom is -0.383 e. The van der Waals surface area contributed by atoms with Crippen LogP contribution in [0, 0.1) is 0 Å². The fraction of sp³-hybridized carbons (Fsp3) is 0. The van der Waals surface area contributed by atoms with E-state index in [0.29, 0.717) is 5.82 Å². The zero-order valence-corrected chi connectivity index (χ0v) is 12.1. The molecule has 2 N–H and O–H groups in total. The normalized spacial score (nSPS) is 10.3. The lowest BCUT2D eigenvalue weighted by Gasteiger charge is -2.07. The first kappa shape index (κ1) is 14.3. The molecule has 0 aliphatic carbocycles. The van der Waals surface area contributed by atoms with E-state index in [9.17, 15) is 0 Å². The lowest BCUT2D eigenvalue weighted by Crippen LogP contribution is -2.03. The number of hydrogen-bond acceptors (Lipinski definition) is 5. The zero-order valence-electron chi connectivity index (χ0n) is 9.11. The van der Waals surface area contributed by atoms with E-state index in [1.807, 2.05) is 0 Å². The van der Waals surface area contributed by atoms with Gasteiger partial charge in [-0.3, -0.25) is 0 Å². The van der Waals surface area contributed by atoms with Gasteiger partial charge in [-0.2, -0.15) is 0 Å². The summed E-state index contributed by atoms with van der Waals surface area (Å²) in [6.45, 7) is 0. The average Bonchev–Trinajstić information content (AvgIpc) is 2.38. The number of nitrogens with two attached hydrogens (primary N) is 1. The highest BCUT2D eigenvalue weighted by Crippen LogP contribution is 2.35. The first-order valence-corrected chi connectivity index (χ1v) is 6.33. The van der Waals surface area contributed by atoms with Gasteiger partial charge in [0.1, 0.15) is 15.5 Å². The van der Waals surface area contributed by atoms with E-state index in [1.54, 1.807) is 18.5 Å². The molecular formula is C10H5Cl4N5. The molecule has 5 nitrogen and oxygen atoms in total. The number of nitrogen functional groups attached to an aromatic ring is 1. The minimum absolute atomic E-state index is 0.0127. The molecule has 0 amide bonds. The third-order valence-electron chi connectivity index (χ3n) is 2.04. The van der Waals surface area contributed by atoms with Crippen molar-refractivity contribution < 1.29 is 0 Å². The van der Waals surface area contributed by atoms with Gasteiger partial charge in [-0.25, -0.2) is 19.9 Å². The van der Waals surface area contributed by atoms with Crippen LogP contribution < -0.4 is 5.73 Å². The summed E-state index contributed by atoms with van der Waals surface area (Å²) >= 11 is 23.1. The summed E-state index contributed by atoms with van der Waals surface area (Å²) in [6, 6.07) is 1.66. The monoisotopic (exact) mass is 335 g/mol. The number of hydrogen-bond donors (Lipinski definition) is 1. The Labute approximate surface area is 128 Å². The summed E-state index contributed by atoms with van der Waals surface area (Å²) in [5.41, 5.74) is 5.94. The van der Waals surface area contributed by atoms with Crippen molar-refractivity contribution in [3.8, 4) is 11.6 Å². The predicted molar refractivity (Wildman–Crippen MR) is 77.0 cm³/mol. The molecule has 0 bridgehead atoms. The second-order valence-electron chi connectivity index (χ2n) is 3.25. The van der Waals surface area contributed by atoms with E-state index in [4.69, 9.17) is 52.1 Å². The molecule has 0 aliphatic heterocycles. The highest BCUT2D eigenvalue weighted by Gasteiger charge is 2.17. The molecule has 0 saturated carbocycles. The molecule has 0 aliphatic rings. The molecule has 98 valence electrons. The van der Waals surface area contributed by atoms with Crippen molar-refractivity contribution in [1.29, 1.82) is 0 Å². The molecule has 0 saturated heterocycles. The largest absolute Gasteiger partial charge is 0.383 e. The molecule has 0 unspecified atom stereocenters. The van der Waals surface area contributed by atoms with E-state index < -0.39 is 0 Å². The van der Waals surface area contributed by atoms with Crippen LogP contribution in [0.2, 0.25) is 5.15 Å². The van der Waals surface area contributed by atoms with E-state index in [1.165, 1.54) is 0 Å². The Hall–Kier alpha value is -1.14. The molecule has 0 radical (unpaired) electrons. The minimum atomic E-state index is -0.178. The Kier molecular flexibility index (Phi) is 4.42. The lowest BCUT2D eigenvalue weighted by atomic mass is 10.3. The quantitative estimate of drug-likeness (QED) is 0.849. The van der Waals surface area contributed by atoms with Crippen molar-refractivity contribution in [2.45, 2.75) is 0 Å². The maximum absolute atomic E-state index is 6.00. The molecule has 2 aromatic rings. The number of nitrogens with zero attached hydrogens (tertiary/aromatic N) is 4. The Morgan fingerprint density at radius 2 is 1.63 bits per heavy atom. The predicted octanol–water partition coefficient (Wildman–Crippen LogP) is 3.51. The third-order valence-corrected chi connectivity index (χ3v) is 3.27. The summed E-state index contributed by atoms with van der Waals surface area (Å²) in [4.78, 5) is 16.0. The molecule has 0 fully saturated rings. The fourth-order valence-corrected chi connectivity index (χ4v) is 1.96. The zero-order chi connectivity index (χ0) is 14.0. The van der Waals surface area contributed by atoms with Crippen LogP contribution in [-0.2, 0) is 0 Å². The molecule has 9 heteroatoms. The van der Waals surface area contributed by atoms with Gasteiger partial charge < -0.3 is 5.73 Å². The van der Waals surface area contributed by atoms with Crippen molar-refractivity contribution in [3.05, 3.63) is 33.7 Å². The topological polar surface area (TPSA) is 77.6 Å². The Morgan fingerprint density at radius 3 is 2.16 bits per heavy atom. The van der Waals surface area contributed by atoms with Gasteiger partial charge in [0.2, 0.25) is 5.82 Å². The van der Waals surface area contributed by atoms with E-state index in [-0.39, 0.29) is 31.9 Å². The summed E-state index contributed by atoms with van der Waals surface area (Å²) in [6.07, 6.45) is 3.10. The van der Waals surface area contributed by atoms with Gasteiger partial charge in [0.15, 0.2) is 5.82 Å². The summed E-state index contributed by atoms with van der Waals surface area (Å²) in [5.74, 6) is 0.507. The van der Waals surface area contributed by atoms with Crippen LogP contribution in [-0.4, -0.2) is 19.9 Å². The highest BCUT2D eigenvalue weighted by molar-refractivity contribution is 6.67. The van der Waals surface area contributed by atoms with Gasteiger partial charge in [-0.1, -0.05) is 46.4 Å². The smallest absolute Gasteiger partial charge is 0.201 e. The van der Waals surface area contributed by atoms with Gasteiger partial charge >= 0.3 is 0 Å².